The third-order valence-electron chi connectivity index (χ3n) is 8.21. The average Bonchev–Trinajstić information content (AvgIpc) is 3.27. The second kappa shape index (κ2) is 10.8. The molecule has 0 bridgehead atoms. The maximum atomic E-state index is 13.9. The minimum atomic E-state index is -1.03. The van der Waals surface area contributed by atoms with E-state index in [2.05, 4.69) is 24.1 Å². The molecule has 2 aliphatic rings. The molecule has 38 heavy (non-hydrogen) atoms. The maximum absolute atomic E-state index is 13.9. The SMILES string of the molecule is COc1ccc(CN2C(=O)c3cc4ccccc4n3C[C@@]2(C)C(=O)NCCCN2C[C@H](C)C[C@H](C)C2)cc1. The second-order valence-corrected chi connectivity index (χ2v) is 11.5. The van der Waals surface area contributed by atoms with Gasteiger partial charge in [-0.15, -0.1) is 0 Å². The Labute approximate surface area is 225 Å². The highest BCUT2D eigenvalue weighted by atomic mass is 16.5. The highest BCUT2D eigenvalue weighted by Gasteiger charge is 2.47. The van der Waals surface area contributed by atoms with Crippen LogP contribution in [0.1, 0.15) is 49.7 Å². The van der Waals surface area contributed by atoms with Gasteiger partial charge in [-0.2, -0.15) is 0 Å². The van der Waals surface area contributed by atoms with Gasteiger partial charge in [0.05, 0.1) is 13.7 Å². The van der Waals surface area contributed by atoms with Crippen molar-refractivity contribution in [1.29, 1.82) is 0 Å². The van der Waals surface area contributed by atoms with Crippen molar-refractivity contribution in [2.24, 2.45) is 11.8 Å². The van der Waals surface area contributed by atoms with Crippen LogP contribution in [0.15, 0.2) is 54.6 Å². The molecule has 2 amide bonds. The first-order chi connectivity index (χ1) is 18.3. The molecule has 0 unspecified atom stereocenters. The predicted molar refractivity (Wildman–Crippen MR) is 150 cm³/mol. The smallest absolute Gasteiger partial charge is 0.271 e. The van der Waals surface area contributed by atoms with Gasteiger partial charge in [-0.25, -0.2) is 0 Å². The maximum Gasteiger partial charge on any atom is 0.271 e. The highest BCUT2D eigenvalue weighted by molar-refractivity contribution is 6.03. The Morgan fingerprint density at radius 2 is 1.79 bits per heavy atom. The van der Waals surface area contributed by atoms with E-state index in [1.54, 1.807) is 12.0 Å². The number of benzene rings is 2. The first kappa shape index (κ1) is 26.3. The molecule has 7 nitrogen and oxygen atoms in total. The lowest BCUT2D eigenvalue weighted by Gasteiger charge is -2.44. The summed E-state index contributed by atoms with van der Waals surface area (Å²) in [6.07, 6.45) is 2.19. The Balaban J connectivity index is 1.35. The zero-order valence-corrected chi connectivity index (χ0v) is 23.1. The molecule has 1 fully saturated rings. The second-order valence-electron chi connectivity index (χ2n) is 11.5. The fourth-order valence-electron chi connectivity index (χ4n) is 6.34. The Morgan fingerprint density at radius 3 is 2.50 bits per heavy atom. The molecule has 2 aromatic carbocycles. The van der Waals surface area contributed by atoms with E-state index in [9.17, 15) is 9.59 Å². The van der Waals surface area contributed by atoms with Crippen LogP contribution in [0, 0.1) is 11.8 Å². The number of likely N-dealkylation sites (tertiary alicyclic amines) is 1. The third kappa shape index (κ3) is 5.17. The fourth-order valence-corrected chi connectivity index (χ4v) is 6.34. The summed E-state index contributed by atoms with van der Waals surface area (Å²) >= 11 is 0. The number of fused-ring (bicyclic) bond motifs is 3. The molecule has 1 aromatic heterocycles. The first-order valence-corrected chi connectivity index (χ1v) is 13.8. The average molecular weight is 517 g/mol. The Morgan fingerprint density at radius 1 is 1.08 bits per heavy atom. The van der Waals surface area contributed by atoms with Crippen LogP contribution in [0.4, 0.5) is 0 Å². The molecule has 0 radical (unpaired) electrons. The minimum Gasteiger partial charge on any atom is -0.497 e. The Bertz CT molecular complexity index is 1290. The van der Waals surface area contributed by atoms with Crippen molar-refractivity contribution in [3.63, 3.8) is 0 Å². The van der Waals surface area contributed by atoms with Crippen molar-refractivity contribution in [3.8, 4) is 5.75 Å². The summed E-state index contributed by atoms with van der Waals surface area (Å²) in [7, 11) is 1.63. The van der Waals surface area contributed by atoms with E-state index in [0.717, 1.165) is 60.1 Å². The molecule has 3 heterocycles. The first-order valence-electron chi connectivity index (χ1n) is 13.8. The number of aromatic nitrogens is 1. The topological polar surface area (TPSA) is 66.8 Å². The molecule has 1 N–H and O–H groups in total. The number of rotatable bonds is 8. The van der Waals surface area contributed by atoms with Gasteiger partial charge in [0.15, 0.2) is 0 Å². The van der Waals surface area contributed by atoms with Gasteiger partial charge in [0.2, 0.25) is 5.91 Å². The molecule has 0 saturated carbocycles. The summed E-state index contributed by atoms with van der Waals surface area (Å²) in [5.74, 6) is 1.97. The van der Waals surface area contributed by atoms with Gasteiger partial charge in [0.1, 0.15) is 17.0 Å². The van der Waals surface area contributed by atoms with Crippen molar-refractivity contribution < 1.29 is 14.3 Å². The number of carbonyl (C=O) groups excluding carboxylic acids is 2. The van der Waals surface area contributed by atoms with Crippen molar-refractivity contribution >= 4 is 22.7 Å². The lowest BCUT2D eigenvalue weighted by molar-refractivity contribution is -0.133. The van der Waals surface area contributed by atoms with Gasteiger partial charge in [-0.05, 0) is 68.0 Å². The van der Waals surface area contributed by atoms with Crippen molar-refractivity contribution in [2.75, 3.05) is 33.3 Å². The monoisotopic (exact) mass is 516 g/mol. The van der Waals surface area contributed by atoms with Crippen LogP contribution >= 0.6 is 0 Å². The number of nitrogens with zero attached hydrogens (tertiary/aromatic N) is 3. The van der Waals surface area contributed by atoms with Gasteiger partial charge in [-0.1, -0.05) is 44.2 Å². The van der Waals surface area contributed by atoms with E-state index < -0.39 is 5.54 Å². The van der Waals surface area contributed by atoms with Gasteiger partial charge >= 0.3 is 0 Å². The standard InChI is InChI=1S/C31H40N4O3/c1-22-16-23(2)19-33(18-22)15-7-14-32-30(37)31(3)21-34-27-9-6-5-8-25(27)17-28(34)29(36)35(31)20-24-10-12-26(38-4)13-11-24/h5-6,8-13,17,22-23H,7,14-16,18-21H2,1-4H3,(H,32,37)/t22-,23+,31-/m0/s1. The van der Waals surface area contributed by atoms with Crippen molar-refractivity contribution in [1.82, 2.24) is 19.7 Å². The summed E-state index contributed by atoms with van der Waals surface area (Å²) in [5.41, 5.74) is 1.53. The fraction of sp³-hybridized carbons (Fsp3) is 0.484. The largest absolute Gasteiger partial charge is 0.497 e. The van der Waals surface area contributed by atoms with Crippen molar-refractivity contribution in [3.05, 3.63) is 65.9 Å². The van der Waals surface area contributed by atoms with E-state index in [1.165, 1.54) is 6.42 Å². The van der Waals surface area contributed by atoms with Crippen LogP contribution in [-0.2, 0) is 17.9 Å². The van der Waals surface area contributed by atoms with Crippen LogP contribution in [-0.4, -0.2) is 65.0 Å². The zero-order chi connectivity index (χ0) is 26.9. The molecule has 2 aliphatic heterocycles. The van der Waals surface area contributed by atoms with E-state index in [1.807, 2.05) is 66.1 Å². The number of para-hydroxylation sites is 1. The molecule has 0 aliphatic carbocycles. The third-order valence-corrected chi connectivity index (χ3v) is 8.21. The number of amides is 2. The molecular weight excluding hydrogens is 476 g/mol. The quantitative estimate of drug-likeness (QED) is 0.446. The summed E-state index contributed by atoms with van der Waals surface area (Å²) in [6.45, 7) is 11.1. The van der Waals surface area contributed by atoms with Crippen LogP contribution in [0.3, 0.4) is 0 Å². The minimum absolute atomic E-state index is 0.108. The van der Waals surface area contributed by atoms with E-state index in [-0.39, 0.29) is 11.8 Å². The summed E-state index contributed by atoms with van der Waals surface area (Å²) < 4.78 is 7.31. The molecule has 202 valence electrons. The van der Waals surface area contributed by atoms with Crippen LogP contribution in [0.5, 0.6) is 5.75 Å². The molecule has 5 rings (SSSR count). The van der Waals surface area contributed by atoms with Gasteiger partial charge in [-0.3, -0.25) is 9.59 Å². The van der Waals surface area contributed by atoms with Crippen LogP contribution in [0.25, 0.3) is 10.9 Å². The van der Waals surface area contributed by atoms with E-state index >= 15 is 0 Å². The van der Waals surface area contributed by atoms with Crippen LogP contribution in [0.2, 0.25) is 0 Å². The molecule has 3 aromatic rings. The molecule has 7 heteroatoms. The van der Waals surface area contributed by atoms with E-state index in [4.69, 9.17) is 4.74 Å². The highest BCUT2D eigenvalue weighted by Crippen LogP contribution is 2.33. The number of ether oxygens (including phenoxy) is 1. The molecule has 0 spiro atoms. The zero-order valence-electron chi connectivity index (χ0n) is 23.1. The molecule has 3 atom stereocenters. The number of nitrogens with one attached hydrogen (secondary N) is 1. The van der Waals surface area contributed by atoms with E-state index in [0.29, 0.717) is 25.3 Å². The summed E-state index contributed by atoms with van der Waals surface area (Å²) in [4.78, 5) is 32.0. The Kier molecular flexibility index (Phi) is 7.48. The Hall–Kier alpha value is -3.32. The normalized spacial score (nSPS) is 23.9. The number of methoxy groups -OCH3 is 1. The number of carbonyl (C=O) groups is 2. The lowest BCUT2D eigenvalue weighted by Crippen LogP contribution is -2.63. The van der Waals surface area contributed by atoms with Gasteiger partial charge in [0, 0.05) is 37.1 Å². The molecular formula is C31H40N4O3. The van der Waals surface area contributed by atoms with Gasteiger partial charge in [0.25, 0.3) is 5.91 Å². The van der Waals surface area contributed by atoms with Crippen LogP contribution < -0.4 is 10.1 Å². The van der Waals surface area contributed by atoms with Gasteiger partial charge < -0.3 is 24.4 Å². The number of piperidine rings is 1. The number of hydrogen-bond donors (Lipinski definition) is 1. The lowest BCUT2D eigenvalue weighted by atomic mass is 9.92. The van der Waals surface area contributed by atoms with Crippen molar-refractivity contribution in [2.45, 2.75) is 52.2 Å². The molecule has 1 saturated heterocycles. The summed E-state index contributed by atoms with van der Waals surface area (Å²) in [5, 5.41) is 4.20. The number of hydrogen-bond acceptors (Lipinski definition) is 4. The predicted octanol–water partition coefficient (Wildman–Crippen LogP) is 4.55. The summed E-state index contributed by atoms with van der Waals surface area (Å²) in [6, 6.07) is 17.6.